The predicted octanol–water partition coefficient (Wildman–Crippen LogP) is 3.02. The van der Waals surface area contributed by atoms with Gasteiger partial charge in [0, 0.05) is 24.6 Å². The van der Waals surface area contributed by atoms with Crippen LogP contribution in [0.2, 0.25) is 0 Å². The van der Waals surface area contributed by atoms with Crippen molar-refractivity contribution in [3.63, 3.8) is 0 Å². The lowest BCUT2D eigenvalue weighted by Gasteiger charge is -2.37. The number of Topliss-reactive ketones (excluding diaryl/α,β-unsaturated/α-hetero) is 1. The molecule has 3 unspecified atom stereocenters. The maximum Gasteiger partial charge on any atom is 0.228 e. The quantitative estimate of drug-likeness (QED) is 0.680. The van der Waals surface area contributed by atoms with Gasteiger partial charge in [0.1, 0.15) is 11.9 Å². The second-order valence-corrected chi connectivity index (χ2v) is 11.4. The van der Waals surface area contributed by atoms with Gasteiger partial charge in [-0.1, -0.05) is 13.8 Å². The van der Waals surface area contributed by atoms with Crippen LogP contribution in [-0.4, -0.2) is 48.4 Å². The summed E-state index contributed by atoms with van der Waals surface area (Å²) in [7, 11) is -3.53. The maximum atomic E-state index is 13.2. The Bertz CT molecular complexity index is 872. The fourth-order valence-corrected chi connectivity index (χ4v) is 7.78. The Morgan fingerprint density at radius 3 is 2.78 bits per heavy atom. The van der Waals surface area contributed by atoms with E-state index in [1.165, 1.54) is 4.31 Å². The van der Waals surface area contributed by atoms with Gasteiger partial charge in [-0.05, 0) is 58.7 Å². The van der Waals surface area contributed by atoms with E-state index < -0.39 is 15.4 Å². The third-order valence-corrected chi connectivity index (χ3v) is 9.65. The van der Waals surface area contributed by atoms with Gasteiger partial charge in [-0.3, -0.25) is 4.79 Å². The number of carbonyl (C=O) groups is 1. The number of sulfonamides is 1. The number of fused-ring (bicyclic) bond motifs is 2. The van der Waals surface area contributed by atoms with Crippen molar-refractivity contribution in [2.45, 2.75) is 45.6 Å². The first kappa shape index (κ1) is 19.3. The van der Waals surface area contributed by atoms with Gasteiger partial charge in [-0.25, -0.2) is 13.4 Å². The van der Waals surface area contributed by atoms with E-state index in [-0.39, 0.29) is 23.1 Å². The zero-order valence-corrected chi connectivity index (χ0v) is 18.1. The summed E-state index contributed by atoms with van der Waals surface area (Å²) in [6, 6.07) is 3.64. The van der Waals surface area contributed by atoms with Crippen molar-refractivity contribution in [1.82, 2.24) is 9.29 Å². The molecule has 8 heteroatoms. The SMILES string of the molecule is CC1(C)C2CCC1(CS(=O)(=O)N1CCC(Oc3ncccc3Br)C1)C(=O)C2. The molecule has 1 saturated heterocycles. The summed E-state index contributed by atoms with van der Waals surface area (Å²) < 4.78 is 34.5. The normalized spacial score (nSPS) is 32.9. The molecule has 1 aromatic heterocycles. The van der Waals surface area contributed by atoms with Crippen LogP contribution in [-0.2, 0) is 14.8 Å². The Kier molecular flexibility index (Phi) is 4.67. The molecule has 2 aliphatic carbocycles. The first-order valence-electron chi connectivity index (χ1n) is 9.44. The molecule has 0 amide bonds. The molecule has 6 nitrogen and oxygen atoms in total. The third-order valence-electron chi connectivity index (χ3n) is 7.07. The predicted molar refractivity (Wildman–Crippen MR) is 105 cm³/mol. The molecule has 0 spiro atoms. The summed E-state index contributed by atoms with van der Waals surface area (Å²) in [5, 5.41) is 0. The van der Waals surface area contributed by atoms with Gasteiger partial charge in [0.25, 0.3) is 0 Å². The zero-order valence-electron chi connectivity index (χ0n) is 15.7. The summed E-state index contributed by atoms with van der Waals surface area (Å²) in [6.07, 6.45) is 4.21. The monoisotopic (exact) mass is 456 g/mol. The van der Waals surface area contributed by atoms with E-state index in [0.29, 0.717) is 44.1 Å². The van der Waals surface area contributed by atoms with Crippen LogP contribution in [0.1, 0.15) is 39.5 Å². The Balaban J connectivity index is 1.48. The van der Waals surface area contributed by atoms with E-state index in [0.717, 1.165) is 10.9 Å². The van der Waals surface area contributed by atoms with E-state index in [1.807, 2.05) is 6.07 Å². The molecular weight excluding hydrogens is 432 g/mol. The minimum Gasteiger partial charge on any atom is -0.472 e. The Labute approximate surface area is 168 Å². The molecule has 2 bridgehead atoms. The van der Waals surface area contributed by atoms with Crippen LogP contribution >= 0.6 is 15.9 Å². The Morgan fingerprint density at radius 1 is 1.37 bits per heavy atom. The van der Waals surface area contributed by atoms with Crippen molar-refractivity contribution in [3.8, 4) is 5.88 Å². The highest BCUT2D eigenvalue weighted by Crippen LogP contribution is 2.64. The number of rotatable bonds is 5. The van der Waals surface area contributed by atoms with Crippen LogP contribution in [0.25, 0.3) is 0 Å². The summed E-state index contributed by atoms with van der Waals surface area (Å²) in [5.74, 6) is 0.863. The average Bonchev–Trinajstić information content (AvgIpc) is 3.20. The molecule has 3 aliphatic rings. The largest absolute Gasteiger partial charge is 0.472 e. The number of pyridine rings is 1. The third kappa shape index (κ3) is 3.04. The number of carbonyl (C=O) groups excluding carboxylic acids is 1. The highest BCUT2D eigenvalue weighted by molar-refractivity contribution is 9.10. The molecule has 2 saturated carbocycles. The molecule has 2 heterocycles. The fourth-order valence-electron chi connectivity index (χ4n) is 5.17. The molecule has 4 rings (SSSR count). The first-order chi connectivity index (χ1) is 12.7. The van der Waals surface area contributed by atoms with E-state index in [9.17, 15) is 13.2 Å². The molecule has 0 radical (unpaired) electrons. The number of hydrogen-bond acceptors (Lipinski definition) is 5. The summed E-state index contributed by atoms with van der Waals surface area (Å²) in [4.78, 5) is 16.9. The molecule has 3 atom stereocenters. The summed E-state index contributed by atoms with van der Waals surface area (Å²) in [6.45, 7) is 4.87. The minimum absolute atomic E-state index is 0.0671. The van der Waals surface area contributed by atoms with Crippen LogP contribution in [0.5, 0.6) is 5.88 Å². The van der Waals surface area contributed by atoms with Crippen molar-refractivity contribution in [1.29, 1.82) is 0 Å². The number of aromatic nitrogens is 1. The standard InChI is InChI=1S/C19H25BrN2O4S/c1-18(2)13-5-7-19(18,16(23)10-13)12-27(24,25)22-9-6-14(11-22)26-17-15(20)4-3-8-21-17/h3-4,8,13-14H,5-7,9-12H2,1-2H3. The van der Waals surface area contributed by atoms with E-state index in [4.69, 9.17) is 4.74 Å². The summed E-state index contributed by atoms with van der Waals surface area (Å²) in [5.41, 5.74) is -0.967. The molecular formula is C19H25BrN2O4S. The molecule has 1 aliphatic heterocycles. The minimum atomic E-state index is -3.53. The van der Waals surface area contributed by atoms with Crippen molar-refractivity contribution in [3.05, 3.63) is 22.8 Å². The van der Waals surface area contributed by atoms with Gasteiger partial charge in [0.05, 0.1) is 16.8 Å². The van der Waals surface area contributed by atoms with Gasteiger partial charge >= 0.3 is 0 Å². The lowest BCUT2D eigenvalue weighted by molar-refractivity contribution is -0.128. The van der Waals surface area contributed by atoms with Crippen LogP contribution in [0.4, 0.5) is 0 Å². The van der Waals surface area contributed by atoms with Crippen LogP contribution in [0, 0.1) is 16.7 Å². The molecule has 0 N–H and O–H groups in total. The van der Waals surface area contributed by atoms with Crippen molar-refractivity contribution >= 4 is 31.7 Å². The summed E-state index contributed by atoms with van der Waals surface area (Å²) >= 11 is 3.40. The van der Waals surface area contributed by atoms with Crippen molar-refractivity contribution < 1.29 is 17.9 Å². The van der Waals surface area contributed by atoms with Gasteiger partial charge in [-0.15, -0.1) is 0 Å². The first-order valence-corrected chi connectivity index (χ1v) is 11.8. The average molecular weight is 457 g/mol. The van der Waals surface area contributed by atoms with Crippen molar-refractivity contribution in [2.24, 2.45) is 16.7 Å². The molecule has 3 fully saturated rings. The number of ether oxygens (including phenoxy) is 1. The molecule has 148 valence electrons. The van der Waals surface area contributed by atoms with Gasteiger partial charge in [0.2, 0.25) is 15.9 Å². The Hall–Kier alpha value is -0.990. The molecule has 27 heavy (non-hydrogen) atoms. The molecule has 0 aromatic carbocycles. The smallest absolute Gasteiger partial charge is 0.228 e. The number of hydrogen-bond donors (Lipinski definition) is 0. The molecule has 1 aromatic rings. The second-order valence-electron chi connectivity index (χ2n) is 8.60. The van der Waals surface area contributed by atoms with E-state index in [1.54, 1.807) is 12.3 Å². The number of halogens is 1. The fraction of sp³-hybridized carbons (Fsp3) is 0.684. The second kappa shape index (κ2) is 6.52. The van der Waals surface area contributed by atoms with Crippen LogP contribution < -0.4 is 4.74 Å². The van der Waals surface area contributed by atoms with E-state index >= 15 is 0 Å². The highest BCUT2D eigenvalue weighted by Gasteiger charge is 2.65. The van der Waals surface area contributed by atoms with Gasteiger partial charge in [0.15, 0.2) is 0 Å². The van der Waals surface area contributed by atoms with E-state index in [2.05, 4.69) is 34.8 Å². The van der Waals surface area contributed by atoms with Crippen LogP contribution in [0.15, 0.2) is 22.8 Å². The van der Waals surface area contributed by atoms with Crippen molar-refractivity contribution in [2.75, 3.05) is 18.8 Å². The highest BCUT2D eigenvalue weighted by atomic mass is 79.9. The number of ketones is 1. The Morgan fingerprint density at radius 2 is 2.15 bits per heavy atom. The van der Waals surface area contributed by atoms with Gasteiger partial charge in [-0.2, -0.15) is 4.31 Å². The lowest BCUT2D eigenvalue weighted by atomic mass is 9.70. The van der Waals surface area contributed by atoms with Gasteiger partial charge < -0.3 is 4.74 Å². The zero-order chi connectivity index (χ0) is 19.4. The number of nitrogens with zero attached hydrogens (tertiary/aromatic N) is 2. The maximum absolute atomic E-state index is 13.2. The topological polar surface area (TPSA) is 76.6 Å². The lowest BCUT2D eigenvalue weighted by Crippen LogP contribution is -2.46. The van der Waals surface area contributed by atoms with Crippen LogP contribution in [0.3, 0.4) is 0 Å².